The fourth-order valence-electron chi connectivity index (χ4n) is 4.79. The number of nitrogens with zero attached hydrogens (tertiary/aromatic N) is 2. The third-order valence-electron chi connectivity index (χ3n) is 6.51. The maximum atomic E-state index is 13.5. The first-order valence-electron chi connectivity index (χ1n) is 11.3. The molecule has 0 bridgehead atoms. The quantitative estimate of drug-likeness (QED) is 0.698. The van der Waals surface area contributed by atoms with Gasteiger partial charge in [-0.1, -0.05) is 18.2 Å². The smallest absolute Gasteiger partial charge is 0.253 e. The Kier molecular flexibility index (Phi) is 7.25. The van der Waals surface area contributed by atoms with E-state index < -0.39 is 18.0 Å². The lowest BCUT2D eigenvalue weighted by Crippen LogP contribution is -2.52. The maximum Gasteiger partial charge on any atom is 0.253 e. The normalized spacial score (nSPS) is 21.7. The van der Waals surface area contributed by atoms with Crippen molar-refractivity contribution in [3.8, 4) is 5.75 Å². The van der Waals surface area contributed by atoms with Crippen molar-refractivity contribution in [2.24, 2.45) is 0 Å². The number of nitrogens with one attached hydrogen (secondary N) is 1. The van der Waals surface area contributed by atoms with Gasteiger partial charge in [0.1, 0.15) is 11.6 Å². The van der Waals surface area contributed by atoms with Crippen LogP contribution in [0.3, 0.4) is 0 Å². The van der Waals surface area contributed by atoms with E-state index in [1.807, 2.05) is 24.3 Å². The Morgan fingerprint density at radius 2 is 1.91 bits per heavy atom. The molecule has 4 rings (SSSR count). The number of halogens is 1. The van der Waals surface area contributed by atoms with Crippen LogP contribution in [0.1, 0.15) is 35.2 Å². The van der Waals surface area contributed by atoms with Crippen molar-refractivity contribution in [3.63, 3.8) is 0 Å². The molecule has 2 atom stereocenters. The molecule has 2 fully saturated rings. The zero-order valence-electron chi connectivity index (χ0n) is 18.7. The van der Waals surface area contributed by atoms with Crippen molar-refractivity contribution < 1.29 is 23.8 Å². The summed E-state index contributed by atoms with van der Waals surface area (Å²) in [4.78, 5) is 29.5. The first-order chi connectivity index (χ1) is 15.9. The van der Waals surface area contributed by atoms with E-state index in [1.165, 1.54) is 18.2 Å². The molecule has 2 amide bonds. The molecule has 0 radical (unpaired) electrons. The van der Waals surface area contributed by atoms with Crippen LogP contribution in [0.5, 0.6) is 5.75 Å². The Morgan fingerprint density at radius 1 is 1.15 bits per heavy atom. The molecule has 8 heteroatoms. The van der Waals surface area contributed by atoms with Crippen molar-refractivity contribution in [2.75, 3.05) is 26.7 Å². The highest BCUT2D eigenvalue weighted by Gasteiger charge is 2.41. The van der Waals surface area contributed by atoms with Gasteiger partial charge in [0.25, 0.3) is 5.91 Å². The van der Waals surface area contributed by atoms with Crippen LogP contribution in [-0.2, 0) is 11.3 Å². The van der Waals surface area contributed by atoms with Crippen LogP contribution >= 0.6 is 0 Å². The number of carbonyl (C=O) groups is 2. The highest BCUT2D eigenvalue weighted by molar-refractivity contribution is 5.94. The van der Waals surface area contributed by atoms with E-state index in [4.69, 9.17) is 4.74 Å². The molecule has 2 unspecified atom stereocenters. The summed E-state index contributed by atoms with van der Waals surface area (Å²) in [6, 6.07) is 13.0. The molecule has 2 N–H and O–H groups in total. The summed E-state index contributed by atoms with van der Waals surface area (Å²) in [5.74, 6) is 0.0263. The molecular formula is C25H30FN3O4. The van der Waals surface area contributed by atoms with Gasteiger partial charge in [-0.3, -0.25) is 14.5 Å². The molecule has 2 aliphatic heterocycles. The van der Waals surface area contributed by atoms with Gasteiger partial charge >= 0.3 is 0 Å². The van der Waals surface area contributed by atoms with Crippen molar-refractivity contribution in [1.82, 2.24) is 15.1 Å². The number of ether oxygens (including phenoxy) is 1. The van der Waals surface area contributed by atoms with Gasteiger partial charge in [-0.25, -0.2) is 4.39 Å². The average Bonchev–Trinajstić information content (AvgIpc) is 3.24. The predicted octanol–water partition coefficient (Wildman–Crippen LogP) is 2.19. The van der Waals surface area contributed by atoms with Gasteiger partial charge in [-0.15, -0.1) is 0 Å². The average molecular weight is 456 g/mol. The minimum atomic E-state index is -0.551. The maximum absolute atomic E-state index is 13.5. The van der Waals surface area contributed by atoms with E-state index in [0.717, 1.165) is 11.3 Å². The van der Waals surface area contributed by atoms with E-state index in [2.05, 4.69) is 10.2 Å². The molecule has 33 heavy (non-hydrogen) atoms. The Hall–Kier alpha value is -2.97. The Balaban J connectivity index is 1.34. The number of benzene rings is 2. The first kappa shape index (κ1) is 23.2. The summed E-state index contributed by atoms with van der Waals surface area (Å²) < 4.78 is 18.7. The molecule has 0 aromatic heterocycles. The molecular weight excluding hydrogens is 425 g/mol. The van der Waals surface area contributed by atoms with Crippen LogP contribution in [0.15, 0.2) is 48.5 Å². The standard InChI is InChI=1S/C25H30FN3O4/c1-33-22-7-2-4-17(12-22)15-27-24(31)23-14-21(30)16-29(23)20-8-10-28(11-9-20)25(32)18-5-3-6-19(26)13-18/h2-7,12-13,20-21,23,30H,8-11,14-16H2,1H3,(H,27,31). The SMILES string of the molecule is COc1cccc(CNC(=O)C2CC(O)CN2C2CCN(C(=O)c3cccc(F)c3)CC2)c1. The van der Waals surface area contributed by atoms with Gasteiger partial charge in [0.15, 0.2) is 0 Å². The van der Waals surface area contributed by atoms with E-state index in [1.54, 1.807) is 18.1 Å². The van der Waals surface area contributed by atoms with E-state index >= 15 is 0 Å². The Labute approximate surface area is 193 Å². The van der Waals surface area contributed by atoms with E-state index in [9.17, 15) is 19.1 Å². The monoisotopic (exact) mass is 455 g/mol. The number of aliphatic hydroxyl groups excluding tert-OH is 1. The fourth-order valence-corrected chi connectivity index (χ4v) is 4.79. The summed E-state index contributed by atoms with van der Waals surface area (Å²) in [6.45, 7) is 1.90. The topological polar surface area (TPSA) is 82.1 Å². The van der Waals surface area contributed by atoms with Gasteiger partial charge in [0, 0.05) is 37.8 Å². The molecule has 2 heterocycles. The van der Waals surface area contributed by atoms with Gasteiger partial charge in [0.05, 0.1) is 19.3 Å². The molecule has 2 saturated heterocycles. The molecule has 7 nitrogen and oxygen atoms in total. The zero-order chi connectivity index (χ0) is 23.4. The van der Waals surface area contributed by atoms with Crippen LogP contribution in [-0.4, -0.2) is 71.7 Å². The molecule has 2 aromatic rings. The van der Waals surface area contributed by atoms with Gasteiger partial charge < -0.3 is 20.1 Å². The van der Waals surface area contributed by atoms with Crippen LogP contribution in [0, 0.1) is 5.82 Å². The molecule has 0 spiro atoms. The number of likely N-dealkylation sites (tertiary alicyclic amines) is 2. The highest BCUT2D eigenvalue weighted by atomic mass is 19.1. The van der Waals surface area contributed by atoms with E-state index in [0.29, 0.717) is 51.0 Å². The number of amides is 2. The number of hydrogen-bond acceptors (Lipinski definition) is 5. The number of methoxy groups -OCH3 is 1. The zero-order valence-corrected chi connectivity index (χ0v) is 18.7. The summed E-state index contributed by atoms with van der Waals surface area (Å²) in [7, 11) is 1.60. The van der Waals surface area contributed by atoms with Crippen molar-refractivity contribution in [3.05, 3.63) is 65.5 Å². The van der Waals surface area contributed by atoms with Crippen molar-refractivity contribution in [2.45, 2.75) is 44.0 Å². The fraction of sp³-hybridized carbons (Fsp3) is 0.440. The summed E-state index contributed by atoms with van der Waals surface area (Å²) in [5.41, 5.74) is 1.29. The molecule has 176 valence electrons. The Morgan fingerprint density at radius 3 is 2.64 bits per heavy atom. The second-order valence-corrected chi connectivity index (χ2v) is 8.71. The van der Waals surface area contributed by atoms with Gasteiger partial charge in [-0.05, 0) is 55.2 Å². The number of piperidine rings is 1. The minimum absolute atomic E-state index is 0.103. The van der Waals surface area contributed by atoms with Crippen molar-refractivity contribution >= 4 is 11.8 Å². The molecule has 2 aliphatic rings. The lowest BCUT2D eigenvalue weighted by molar-refractivity contribution is -0.126. The van der Waals surface area contributed by atoms with Gasteiger partial charge in [0.2, 0.25) is 5.91 Å². The second kappa shape index (κ2) is 10.3. The van der Waals surface area contributed by atoms with Crippen LogP contribution < -0.4 is 10.1 Å². The third kappa shape index (κ3) is 5.51. The molecule has 0 aliphatic carbocycles. The van der Waals surface area contributed by atoms with Crippen LogP contribution in [0.2, 0.25) is 0 Å². The lowest BCUT2D eigenvalue weighted by Gasteiger charge is -2.39. The van der Waals surface area contributed by atoms with E-state index in [-0.39, 0.29) is 17.9 Å². The first-order valence-corrected chi connectivity index (χ1v) is 11.3. The number of carbonyl (C=O) groups excluding carboxylic acids is 2. The van der Waals surface area contributed by atoms with Gasteiger partial charge in [-0.2, -0.15) is 0 Å². The minimum Gasteiger partial charge on any atom is -0.497 e. The predicted molar refractivity (Wildman–Crippen MR) is 121 cm³/mol. The molecule has 0 saturated carbocycles. The number of β-amino-alcohol motifs (C(OH)–C–C–N with tert-alkyl or cyclic N) is 1. The summed E-state index contributed by atoms with van der Waals surface area (Å²) >= 11 is 0. The second-order valence-electron chi connectivity index (χ2n) is 8.71. The largest absolute Gasteiger partial charge is 0.497 e. The highest BCUT2D eigenvalue weighted by Crippen LogP contribution is 2.27. The lowest BCUT2D eigenvalue weighted by atomic mass is 10.0. The Bertz CT molecular complexity index is 993. The molecule has 2 aromatic carbocycles. The summed E-state index contributed by atoms with van der Waals surface area (Å²) in [5, 5.41) is 13.3. The van der Waals surface area contributed by atoms with Crippen LogP contribution in [0.25, 0.3) is 0 Å². The van der Waals surface area contributed by atoms with Crippen LogP contribution in [0.4, 0.5) is 4.39 Å². The third-order valence-corrected chi connectivity index (χ3v) is 6.51. The van der Waals surface area contributed by atoms with Crippen molar-refractivity contribution in [1.29, 1.82) is 0 Å². The number of aliphatic hydroxyl groups is 1. The summed E-state index contributed by atoms with van der Waals surface area (Å²) in [6.07, 6.45) is 1.25. The number of hydrogen-bond donors (Lipinski definition) is 2. The number of rotatable bonds is 6.